The first-order chi connectivity index (χ1) is 20.4. The van der Waals surface area contributed by atoms with Crippen LogP contribution in [0.15, 0.2) is 47.4 Å². The minimum atomic E-state index is -5.08. The Morgan fingerprint density at radius 1 is 0.955 bits per heavy atom. The first-order valence-corrected chi connectivity index (χ1v) is 12.2. The van der Waals surface area contributed by atoms with E-state index in [9.17, 15) is 40.7 Å². The number of nitrogens with zero attached hydrogens (tertiary/aromatic N) is 3. The molecule has 0 spiro atoms. The minimum Gasteiger partial charge on any atom is -0.475 e. The van der Waals surface area contributed by atoms with E-state index >= 15 is 0 Å². The third-order valence-electron chi connectivity index (χ3n) is 5.52. The number of nitrogens with one attached hydrogen (secondary N) is 4. The number of pyridine rings is 1. The first-order valence-electron chi connectivity index (χ1n) is 12.2. The fourth-order valence-electron chi connectivity index (χ4n) is 3.20. The second-order valence-electron chi connectivity index (χ2n) is 8.83. The van der Waals surface area contributed by atoms with Crippen molar-refractivity contribution < 1.29 is 45.8 Å². The number of aromatic nitrogens is 3. The van der Waals surface area contributed by atoms with Crippen molar-refractivity contribution in [1.29, 1.82) is 0 Å². The maximum Gasteiger partial charge on any atom is 0.490 e. The lowest BCUT2D eigenvalue weighted by atomic mass is 10.1. The summed E-state index contributed by atoms with van der Waals surface area (Å²) in [5.74, 6) is -3.05. The molecular weight excluding hydrogens is 606 g/mol. The number of hydrogen-bond donors (Lipinski definition) is 6. The van der Waals surface area contributed by atoms with Crippen LogP contribution in [0.3, 0.4) is 0 Å². The topological polar surface area (TPSA) is 193 Å². The summed E-state index contributed by atoms with van der Waals surface area (Å²) in [5.41, 5.74) is 11.1. The van der Waals surface area contributed by atoms with Crippen LogP contribution in [0.1, 0.15) is 28.1 Å². The third kappa shape index (κ3) is 10.8. The molecule has 1 aromatic carbocycles. The van der Waals surface area contributed by atoms with Crippen LogP contribution >= 0.6 is 0 Å². The molecule has 13 nitrogen and oxygen atoms in total. The van der Waals surface area contributed by atoms with Crippen LogP contribution in [0.5, 0.6) is 0 Å². The van der Waals surface area contributed by atoms with Crippen molar-refractivity contribution in [2.45, 2.75) is 45.8 Å². The molecule has 0 aliphatic heterocycles. The van der Waals surface area contributed by atoms with Gasteiger partial charge in [0.1, 0.15) is 12.4 Å². The zero-order chi connectivity index (χ0) is 33.2. The highest BCUT2D eigenvalue weighted by Gasteiger charge is 2.38. The number of alkyl halides is 6. The molecule has 2 heterocycles. The molecule has 0 bridgehead atoms. The van der Waals surface area contributed by atoms with Crippen molar-refractivity contribution in [3.05, 3.63) is 81.0 Å². The lowest BCUT2D eigenvalue weighted by Crippen LogP contribution is -2.41. The smallest absolute Gasteiger partial charge is 0.475 e. The van der Waals surface area contributed by atoms with Crippen molar-refractivity contribution >= 4 is 29.5 Å². The van der Waals surface area contributed by atoms with Crippen LogP contribution < -0.4 is 32.8 Å². The van der Waals surface area contributed by atoms with Gasteiger partial charge in [-0.05, 0) is 43.2 Å². The van der Waals surface area contributed by atoms with Crippen LogP contribution in [0.25, 0.3) is 0 Å². The molecule has 3 rings (SSSR count). The molecule has 2 aromatic heterocycles. The maximum absolute atomic E-state index is 12.8. The van der Waals surface area contributed by atoms with E-state index in [1.165, 1.54) is 22.9 Å². The van der Waals surface area contributed by atoms with E-state index in [0.29, 0.717) is 22.8 Å². The van der Waals surface area contributed by atoms with Gasteiger partial charge in [-0.1, -0.05) is 18.2 Å². The summed E-state index contributed by atoms with van der Waals surface area (Å²) in [7, 11) is 0. The highest BCUT2D eigenvalue weighted by Crippen LogP contribution is 2.29. The molecule has 44 heavy (non-hydrogen) atoms. The van der Waals surface area contributed by atoms with Gasteiger partial charge < -0.3 is 21.5 Å². The second kappa shape index (κ2) is 14.7. The summed E-state index contributed by atoms with van der Waals surface area (Å²) in [4.78, 5) is 54.2. The average Bonchev–Trinajstić information content (AvgIpc) is 2.93. The number of hydrazine groups is 1. The molecule has 0 aliphatic carbocycles. The summed E-state index contributed by atoms with van der Waals surface area (Å²) in [5, 5.41) is 12.3. The summed E-state index contributed by atoms with van der Waals surface area (Å²) in [6, 6.07) is 6.93. The average molecular weight is 633 g/mol. The van der Waals surface area contributed by atoms with E-state index in [1.807, 2.05) is 0 Å². The van der Waals surface area contributed by atoms with Crippen molar-refractivity contribution in [2.24, 2.45) is 0 Å². The number of benzene rings is 1. The van der Waals surface area contributed by atoms with Gasteiger partial charge >= 0.3 is 24.4 Å². The van der Waals surface area contributed by atoms with E-state index in [0.717, 1.165) is 17.7 Å². The zero-order valence-electron chi connectivity index (χ0n) is 22.9. The number of nitrogens with two attached hydrogens (primary N) is 1. The number of nitrogen functional groups attached to an aromatic ring is 1. The predicted octanol–water partition coefficient (Wildman–Crippen LogP) is 2.63. The molecule has 3 amide bonds. The molecule has 0 fully saturated rings. The van der Waals surface area contributed by atoms with Crippen molar-refractivity contribution in [3.63, 3.8) is 0 Å². The van der Waals surface area contributed by atoms with Gasteiger partial charge in [0.2, 0.25) is 11.7 Å². The zero-order valence-corrected chi connectivity index (χ0v) is 22.9. The van der Waals surface area contributed by atoms with Gasteiger partial charge in [0.15, 0.2) is 0 Å². The number of carboxylic acids is 1. The fourth-order valence-corrected chi connectivity index (χ4v) is 3.20. The summed E-state index contributed by atoms with van der Waals surface area (Å²) >= 11 is 0. The minimum absolute atomic E-state index is 0.0552. The molecule has 19 heteroatoms. The molecule has 238 valence electrons. The van der Waals surface area contributed by atoms with E-state index in [1.54, 1.807) is 26.0 Å². The lowest BCUT2D eigenvalue weighted by Gasteiger charge is -2.14. The van der Waals surface area contributed by atoms with Crippen LogP contribution in [0.4, 0.5) is 42.8 Å². The Kier molecular flexibility index (Phi) is 11.6. The molecule has 0 aliphatic rings. The Labute approximate surface area is 244 Å². The maximum atomic E-state index is 12.8. The van der Waals surface area contributed by atoms with Crippen LogP contribution in [-0.2, 0) is 35.4 Å². The number of carbonyl (C=O) groups is 3. The second-order valence-corrected chi connectivity index (χ2v) is 8.83. The standard InChI is InChI=1S/C23H25F3N8O3.C2HF3O2/c1-13-9-29-20(32-33-22(37)30-10-15-3-6-17(7-4-15)23(24,25)26)21(36)34(13)12-19(35)28-11-16-5-8-18(27)31-14(16)2;3-2(4,5)1(6)7/h3-9H,10-12H2,1-2H3,(H2,27,31)(H,28,35)(H,29,32)(H2,30,33,37);(H,6,7). The van der Waals surface area contributed by atoms with Gasteiger partial charge in [0, 0.05) is 30.7 Å². The molecule has 0 atom stereocenters. The predicted molar refractivity (Wildman–Crippen MR) is 143 cm³/mol. The Balaban J connectivity index is 0.000000860. The number of urea groups is 1. The van der Waals surface area contributed by atoms with Crippen molar-refractivity contribution in [1.82, 2.24) is 30.6 Å². The lowest BCUT2D eigenvalue weighted by molar-refractivity contribution is -0.192. The fraction of sp³-hybridized carbons (Fsp3) is 0.280. The largest absolute Gasteiger partial charge is 0.490 e. The molecule has 0 saturated carbocycles. The molecule has 0 unspecified atom stereocenters. The number of amides is 3. The number of anilines is 2. The Bertz CT molecular complexity index is 1540. The number of carboxylic acid groups (broad SMARTS) is 1. The van der Waals surface area contributed by atoms with Crippen molar-refractivity contribution in [3.8, 4) is 0 Å². The van der Waals surface area contributed by atoms with Gasteiger partial charge in [-0.15, -0.1) is 0 Å². The molecule has 7 N–H and O–H groups in total. The number of aryl methyl sites for hydroxylation is 2. The normalized spacial score (nSPS) is 11.1. The summed E-state index contributed by atoms with van der Waals surface area (Å²) in [6.07, 6.45) is -8.18. The number of carbonyl (C=O) groups excluding carboxylic acids is 2. The molecular formula is C25H26F6N8O5. The quantitative estimate of drug-likeness (QED) is 0.160. The van der Waals surface area contributed by atoms with Crippen LogP contribution in [0.2, 0.25) is 0 Å². The van der Waals surface area contributed by atoms with Crippen molar-refractivity contribution in [2.75, 3.05) is 11.2 Å². The first kappa shape index (κ1) is 34.8. The van der Waals surface area contributed by atoms with Gasteiger partial charge in [-0.25, -0.2) is 19.6 Å². The summed E-state index contributed by atoms with van der Waals surface area (Å²) in [6.45, 7) is 3.22. The number of rotatable bonds is 8. The van der Waals surface area contributed by atoms with Gasteiger partial charge in [-0.3, -0.25) is 25.0 Å². The number of halogens is 6. The van der Waals surface area contributed by atoms with Crippen LogP contribution in [0, 0.1) is 13.8 Å². The molecule has 0 saturated heterocycles. The number of aliphatic carboxylic acids is 1. The van der Waals surface area contributed by atoms with Gasteiger partial charge in [0.05, 0.1) is 5.56 Å². The van der Waals surface area contributed by atoms with E-state index in [-0.39, 0.29) is 25.5 Å². The highest BCUT2D eigenvalue weighted by atomic mass is 19.4. The van der Waals surface area contributed by atoms with Gasteiger partial charge in [0.25, 0.3) is 5.56 Å². The van der Waals surface area contributed by atoms with E-state index in [4.69, 9.17) is 15.6 Å². The van der Waals surface area contributed by atoms with E-state index in [2.05, 4.69) is 31.5 Å². The Morgan fingerprint density at radius 3 is 2.11 bits per heavy atom. The Morgan fingerprint density at radius 2 is 1.57 bits per heavy atom. The third-order valence-corrected chi connectivity index (χ3v) is 5.52. The monoisotopic (exact) mass is 632 g/mol. The Hall–Kier alpha value is -5.36. The SMILES string of the molecule is Cc1nc(N)ccc1CNC(=O)Cn1c(C)cnc(NNC(=O)NCc2ccc(C(F)(F)F)cc2)c1=O.O=C(O)C(F)(F)F. The van der Waals surface area contributed by atoms with E-state index < -0.39 is 41.4 Å². The number of hydrogen-bond acceptors (Lipinski definition) is 8. The van der Waals surface area contributed by atoms with Gasteiger partial charge in [-0.2, -0.15) is 26.3 Å². The summed E-state index contributed by atoms with van der Waals surface area (Å²) < 4.78 is 70.8. The van der Waals surface area contributed by atoms with Crippen LogP contribution in [-0.4, -0.2) is 43.7 Å². The molecule has 3 aromatic rings. The highest BCUT2D eigenvalue weighted by molar-refractivity contribution is 5.76. The molecule has 0 radical (unpaired) electrons.